The van der Waals surface area contributed by atoms with Crippen LogP contribution in [0.5, 0.6) is 0 Å². The molecular formula is C9H19NO6. The van der Waals surface area contributed by atoms with Crippen LogP contribution >= 0.6 is 0 Å². The molecule has 0 saturated carbocycles. The monoisotopic (exact) mass is 237 g/mol. The van der Waals surface area contributed by atoms with E-state index in [0.717, 1.165) is 0 Å². The van der Waals surface area contributed by atoms with Crippen LogP contribution < -0.4 is 0 Å². The Labute approximate surface area is 93.2 Å². The Bertz CT molecular complexity index is 216. The van der Waals surface area contributed by atoms with E-state index in [9.17, 15) is 20.4 Å². The minimum absolute atomic E-state index is 0.101. The summed E-state index contributed by atoms with van der Waals surface area (Å²) < 4.78 is 0. The Balaban J connectivity index is 2.76. The van der Waals surface area contributed by atoms with Crippen LogP contribution in [0.2, 0.25) is 0 Å². The molecule has 0 spiro atoms. The maximum absolute atomic E-state index is 9.67. The summed E-state index contributed by atoms with van der Waals surface area (Å²) in [6.07, 6.45) is -5.33. The van der Waals surface area contributed by atoms with E-state index < -0.39 is 37.2 Å². The normalized spacial score (nSPS) is 41.2. The number of likely N-dealkylation sites (tertiary alicyclic amines) is 1. The minimum Gasteiger partial charge on any atom is -0.396 e. The van der Waals surface area contributed by atoms with E-state index >= 15 is 0 Å². The molecule has 0 aromatic carbocycles. The number of hydrogen-bond donors (Lipinski definition) is 6. The van der Waals surface area contributed by atoms with E-state index in [1.165, 1.54) is 4.90 Å². The molecular weight excluding hydrogens is 218 g/mol. The average Bonchev–Trinajstić information content (AvgIpc) is 2.29. The minimum atomic E-state index is -1.49. The fourth-order valence-electron chi connectivity index (χ4n) is 1.96. The molecule has 0 aliphatic carbocycles. The predicted octanol–water partition coefficient (Wildman–Crippen LogP) is -3.55. The van der Waals surface area contributed by atoms with Crippen LogP contribution in [0.3, 0.4) is 0 Å². The number of aliphatic hydroxyl groups excluding tert-OH is 6. The molecule has 7 nitrogen and oxygen atoms in total. The molecule has 1 saturated heterocycles. The van der Waals surface area contributed by atoms with Crippen molar-refractivity contribution >= 4 is 0 Å². The van der Waals surface area contributed by atoms with Crippen LogP contribution in [-0.2, 0) is 0 Å². The molecule has 1 heterocycles. The van der Waals surface area contributed by atoms with Gasteiger partial charge in [-0.1, -0.05) is 0 Å². The molecule has 0 bridgehead atoms. The highest BCUT2D eigenvalue weighted by molar-refractivity contribution is 4.96. The Morgan fingerprint density at radius 1 is 0.875 bits per heavy atom. The fourth-order valence-corrected chi connectivity index (χ4v) is 1.96. The smallest absolute Gasteiger partial charge is 0.136 e. The highest BCUT2D eigenvalue weighted by atomic mass is 16.4. The third kappa shape index (κ3) is 2.51. The summed E-state index contributed by atoms with van der Waals surface area (Å²) >= 11 is 0. The van der Waals surface area contributed by atoms with Crippen molar-refractivity contribution in [3.63, 3.8) is 0 Å². The highest BCUT2D eigenvalue weighted by Gasteiger charge is 2.46. The lowest BCUT2D eigenvalue weighted by atomic mass is 9.92. The van der Waals surface area contributed by atoms with Gasteiger partial charge in [-0.05, 0) is 6.42 Å². The predicted molar refractivity (Wildman–Crippen MR) is 53.3 cm³/mol. The molecule has 1 unspecified atom stereocenters. The molecule has 1 aliphatic rings. The van der Waals surface area contributed by atoms with Gasteiger partial charge < -0.3 is 30.6 Å². The zero-order valence-electron chi connectivity index (χ0n) is 8.85. The topological polar surface area (TPSA) is 125 Å². The zero-order valence-corrected chi connectivity index (χ0v) is 8.85. The first-order valence-corrected chi connectivity index (χ1v) is 5.24. The molecule has 7 heteroatoms. The summed E-state index contributed by atoms with van der Waals surface area (Å²) in [6.45, 7) is -0.340. The molecule has 96 valence electrons. The zero-order chi connectivity index (χ0) is 12.3. The van der Waals surface area contributed by atoms with Gasteiger partial charge in [0.05, 0.1) is 12.6 Å². The van der Waals surface area contributed by atoms with Gasteiger partial charge >= 0.3 is 0 Å². The molecule has 6 N–H and O–H groups in total. The second kappa shape index (κ2) is 5.87. The van der Waals surface area contributed by atoms with Crippen molar-refractivity contribution in [1.82, 2.24) is 4.90 Å². The first-order chi connectivity index (χ1) is 7.54. The molecule has 0 radical (unpaired) electrons. The highest BCUT2D eigenvalue weighted by Crippen LogP contribution is 2.23. The van der Waals surface area contributed by atoms with Gasteiger partial charge in [-0.15, -0.1) is 0 Å². The van der Waals surface area contributed by atoms with Crippen molar-refractivity contribution in [3.05, 3.63) is 0 Å². The summed E-state index contributed by atoms with van der Waals surface area (Å²) in [4.78, 5) is 1.28. The third-order valence-electron chi connectivity index (χ3n) is 2.93. The number of rotatable bonds is 4. The lowest BCUT2D eigenvalue weighted by Gasteiger charge is -2.46. The number of piperidine rings is 1. The summed E-state index contributed by atoms with van der Waals surface area (Å²) in [5.74, 6) is 0. The molecule has 16 heavy (non-hydrogen) atoms. The van der Waals surface area contributed by atoms with Crippen molar-refractivity contribution in [1.29, 1.82) is 0 Å². The quantitative estimate of drug-likeness (QED) is 0.299. The molecule has 1 rings (SSSR count). The Hall–Kier alpha value is -0.280. The lowest BCUT2D eigenvalue weighted by Crippen LogP contribution is -2.67. The van der Waals surface area contributed by atoms with E-state index in [4.69, 9.17) is 10.2 Å². The maximum Gasteiger partial charge on any atom is 0.136 e. The largest absolute Gasteiger partial charge is 0.396 e. The second-order valence-corrected chi connectivity index (χ2v) is 3.95. The number of hydrogen-bond acceptors (Lipinski definition) is 7. The first-order valence-electron chi connectivity index (χ1n) is 5.24. The first kappa shape index (κ1) is 13.8. The van der Waals surface area contributed by atoms with Crippen LogP contribution in [0.1, 0.15) is 6.42 Å². The van der Waals surface area contributed by atoms with Gasteiger partial charge in [0.25, 0.3) is 0 Å². The van der Waals surface area contributed by atoms with Crippen LogP contribution in [-0.4, -0.2) is 85.9 Å². The number of nitrogens with zero attached hydrogens (tertiary/aromatic N) is 1. The standard InChI is InChI=1S/C9H19NO6/c11-3-1-2-10-5(4-12)6(13)7(14)8(15)9(10)16/h5-9,11-16H,1-4H2/t5-,6-,7+,8-,9?/m1/s1. The van der Waals surface area contributed by atoms with Gasteiger partial charge in [0.15, 0.2) is 0 Å². The van der Waals surface area contributed by atoms with Gasteiger partial charge in [0, 0.05) is 13.2 Å². The van der Waals surface area contributed by atoms with Crippen LogP contribution in [0, 0.1) is 0 Å². The van der Waals surface area contributed by atoms with Gasteiger partial charge in [0.2, 0.25) is 0 Å². The van der Waals surface area contributed by atoms with Gasteiger partial charge in [-0.3, -0.25) is 4.90 Å². The summed E-state index contributed by atoms with van der Waals surface area (Å²) in [5.41, 5.74) is 0. The Morgan fingerprint density at radius 3 is 2.00 bits per heavy atom. The molecule has 1 fully saturated rings. The van der Waals surface area contributed by atoms with E-state index in [2.05, 4.69) is 0 Å². The second-order valence-electron chi connectivity index (χ2n) is 3.95. The third-order valence-corrected chi connectivity index (χ3v) is 2.93. The Morgan fingerprint density at radius 2 is 1.50 bits per heavy atom. The van der Waals surface area contributed by atoms with E-state index in [1.807, 2.05) is 0 Å². The molecule has 5 atom stereocenters. The maximum atomic E-state index is 9.67. The van der Waals surface area contributed by atoms with Crippen LogP contribution in [0.4, 0.5) is 0 Å². The van der Waals surface area contributed by atoms with Crippen molar-refractivity contribution in [2.45, 2.75) is 37.0 Å². The van der Waals surface area contributed by atoms with Crippen LogP contribution in [0.15, 0.2) is 0 Å². The molecule has 0 aromatic rings. The van der Waals surface area contributed by atoms with E-state index in [1.54, 1.807) is 0 Å². The van der Waals surface area contributed by atoms with Gasteiger partial charge in [-0.2, -0.15) is 0 Å². The van der Waals surface area contributed by atoms with E-state index in [-0.39, 0.29) is 13.2 Å². The van der Waals surface area contributed by atoms with E-state index in [0.29, 0.717) is 6.42 Å². The lowest BCUT2D eigenvalue weighted by molar-refractivity contribution is -0.223. The van der Waals surface area contributed by atoms with Crippen molar-refractivity contribution in [3.8, 4) is 0 Å². The Kier molecular flexibility index (Phi) is 5.06. The van der Waals surface area contributed by atoms with Crippen molar-refractivity contribution in [2.24, 2.45) is 0 Å². The van der Waals surface area contributed by atoms with Gasteiger partial charge in [0.1, 0.15) is 24.5 Å². The van der Waals surface area contributed by atoms with Gasteiger partial charge in [-0.25, -0.2) is 0 Å². The molecule has 0 aromatic heterocycles. The SMILES string of the molecule is OCCCN1C(O)[C@H](O)[C@@H](O)[C@H](O)[C@H]1CO. The van der Waals surface area contributed by atoms with Crippen molar-refractivity contribution in [2.75, 3.05) is 19.8 Å². The van der Waals surface area contributed by atoms with Crippen molar-refractivity contribution < 1.29 is 30.6 Å². The van der Waals surface area contributed by atoms with Crippen LogP contribution in [0.25, 0.3) is 0 Å². The summed E-state index contributed by atoms with van der Waals surface area (Å²) in [6, 6.07) is -0.847. The summed E-state index contributed by atoms with van der Waals surface area (Å²) in [7, 11) is 0. The fraction of sp³-hybridized carbons (Fsp3) is 1.00. The molecule has 0 amide bonds. The average molecular weight is 237 g/mol. The number of aliphatic hydroxyl groups is 6. The molecule has 1 aliphatic heterocycles. The summed E-state index contributed by atoms with van der Waals surface area (Å²) in [5, 5.41) is 55.9.